The number of methoxy groups -OCH3 is 1. The molecule has 2 aromatic carbocycles. The zero-order valence-electron chi connectivity index (χ0n) is 18.2. The van der Waals surface area contributed by atoms with Crippen molar-refractivity contribution in [1.29, 1.82) is 0 Å². The molecule has 3 rings (SSSR count). The maximum absolute atomic E-state index is 13.3. The van der Waals surface area contributed by atoms with E-state index in [1.807, 2.05) is 18.2 Å². The van der Waals surface area contributed by atoms with Gasteiger partial charge < -0.3 is 15.4 Å². The normalized spacial score (nSPS) is 19.3. The van der Waals surface area contributed by atoms with Crippen LogP contribution in [0.4, 0.5) is 9.18 Å². The van der Waals surface area contributed by atoms with Crippen molar-refractivity contribution >= 4 is 12.0 Å². The third-order valence-electron chi connectivity index (χ3n) is 6.10. The smallest absolute Gasteiger partial charge is 0.317 e. The lowest BCUT2D eigenvalue weighted by Crippen LogP contribution is -2.50. The summed E-state index contributed by atoms with van der Waals surface area (Å²) in [5.41, 5.74) is 0.703. The fourth-order valence-corrected chi connectivity index (χ4v) is 4.03. The monoisotopic (exact) mass is 427 g/mol. The molecule has 0 bridgehead atoms. The molecule has 6 nitrogen and oxygen atoms in total. The second kappa shape index (κ2) is 9.92. The minimum Gasteiger partial charge on any atom is -0.468 e. The number of carbonyl (C=O) groups is 2. The molecular formula is C24H30FN3O3. The van der Waals surface area contributed by atoms with E-state index in [2.05, 4.69) is 34.6 Å². The van der Waals surface area contributed by atoms with E-state index >= 15 is 0 Å². The van der Waals surface area contributed by atoms with Crippen LogP contribution in [0.5, 0.6) is 0 Å². The number of rotatable bonds is 7. The van der Waals surface area contributed by atoms with Gasteiger partial charge in [-0.25, -0.2) is 9.18 Å². The number of nitrogens with one attached hydrogen (secondary N) is 2. The van der Waals surface area contributed by atoms with Gasteiger partial charge in [0.25, 0.3) is 0 Å². The Morgan fingerprint density at radius 1 is 1.19 bits per heavy atom. The highest BCUT2D eigenvalue weighted by molar-refractivity contribution is 5.84. The SMILES string of the molecule is COC(=O)C(C)(CNC(=O)NC1CCN(C(C)c2ccccc2)C1)c1ccc(F)cc1. The van der Waals surface area contributed by atoms with Gasteiger partial charge in [-0.1, -0.05) is 42.5 Å². The van der Waals surface area contributed by atoms with E-state index < -0.39 is 17.2 Å². The van der Waals surface area contributed by atoms with Gasteiger partial charge in [0.1, 0.15) is 11.2 Å². The summed E-state index contributed by atoms with van der Waals surface area (Å²) in [5.74, 6) is -0.889. The molecule has 1 fully saturated rings. The quantitative estimate of drug-likeness (QED) is 0.665. The Kier molecular flexibility index (Phi) is 7.28. The molecular weight excluding hydrogens is 397 g/mol. The average Bonchev–Trinajstić information content (AvgIpc) is 3.25. The molecule has 7 heteroatoms. The molecule has 1 heterocycles. The van der Waals surface area contributed by atoms with Gasteiger partial charge in [-0.2, -0.15) is 0 Å². The van der Waals surface area contributed by atoms with E-state index in [-0.39, 0.29) is 24.7 Å². The molecule has 0 aliphatic carbocycles. The van der Waals surface area contributed by atoms with Crippen molar-refractivity contribution in [3.8, 4) is 0 Å². The van der Waals surface area contributed by atoms with Crippen LogP contribution in [0.25, 0.3) is 0 Å². The third kappa shape index (κ3) is 5.41. The molecule has 1 saturated heterocycles. The van der Waals surface area contributed by atoms with Crippen molar-refractivity contribution in [3.05, 3.63) is 71.5 Å². The van der Waals surface area contributed by atoms with Gasteiger partial charge in [-0.3, -0.25) is 9.69 Å². The first kappa shape index (κ1) is 22.7. The molecule has 1 aliphatic rings. The van der Waals surface area contributed by atoms with E-state index in [1.165, 1.54) is 36.9 Å². The van der Waals surface area contributed by atoms with Crippen LogP contribution < -0.4 is 10.6 Å². The molecule has 3 unspecified atom stereocenters. The van der Waals surface area contributed by atoms with Crippen LogP contribution in [0.15, 0.2) is 54.6 Å². The summed E-state index contributed by atoms with van der Waals surface area (Å²) in [6, 6.07) is 15.9. The van der Waals surface area contributed by atoms with Gasteiger partial charge in [0.2, 0.25) is 0 Å². The van der Waals surface area contributed by atoms with Crippen LogP contribution in [0.2, 0.25) is 0 Å². The van der Waals surface area contributed by atoms with Crippen LogP contribution in [0, 0.1) is 5.82 Å². The number of nitrogens with zero attached hydrogens (tertiary/aromatic N) is 1. The van der Waals surface area contributed by atoms with Gasteiger partial charge in [-0.05, 0) is 43.5 Å². The van der Waals surface area contributed by atoms with Gasteiger partial charge in [0.05, 0.1) is 7.11 Å². The molecule has 0 aromatic heterocycles. The standard InChI is InChI=1S/C24H30FN3O3/c1-17(18-7-5-4-6-8-18)28-14-13-21(15-28)27-23(30)26-16-24(2,22(29)31-3)19-9-11-20(25)12-10-19/h4-12,17,21H,13-16H2,1-3H3,(H2,26,27,30). The number of benzene rings is 2. The van der Waals surface area contributed by atoms with E-state index in [9.17, 15) is 14.0 Å². The second-order valence-electron chi connectivity index (χ2n) is 8.22. The molecule has 2 aromatic rings. The molecule has 0 radical (unpaired) electrons. The first-order valence-corrected chi connectivity index (χ1v) is 10.5. The van der Waals surface area contributed by atoms with Crippen molar-refractivity contribution in [3.63, 3.8) is 0 Å². The summed E-state index contributed by atoms with van der Waals surface area (Å²) in [6.07, 6.45) is 0.858. The highest BCUT2D eigenvalue weighted by Gasteiger charge is 2.37. The van der Waals surface area contributed by atoms with Crippen molar-refractivity contribution in [2.45, 2.75) is 37.8 Å². The van der Waals surface area contributed by atoms with Gasteiger partial charge >= 0.3 is 12.0 Å². The van der Waals surface area contributed by atoms with Crippen LogP contribution in [0.1, 0.15) is 37.4 Å². The molecule has 2 amide bonds. The van der Waals surface area contributed by atoms with Crippen LogP contribution in [-0.2, 0) is 14.9 Å². The summed E-state index contributed by atoms with van der Waals surface area (Å²) in [7, 11) is 1.30. The van der Waals surface area contributed by atoms with Crippen molar-refractivity contribution in [2.75, 3.05) is 26.7 Å². The number of urea groups is 1. The Morgan fingerprint density at radius 3 is 2.52 bits per heavy atom. The number of hydrogen-bond acceptors (Lipinski definition) is 4. The molecule has 0 spiro atoms. The molecule has 1 aliphatic heterocycles. The Labute approximate surface area is 182 Å². The highest BCUT2D eigenvalue weighted by Crippen LogP contribution is 2.26. The zero-order valence-corrected chi connectivity index (χ0v) is 18.2. The Morgan fingerprint density at radius 2 is 1.87 bits per heavy atom. The molecule has 0 saturated carbocycles. The summed E-state index contributed by atoms with van der Waals surface area (Å²) in [6.45, 7) is 5.54. The number of hydrogen-bond donors (Lipinski definition) is 2. The zero-order chi connectivity index (χ0) is 22.4. The maximum atomic E-state index is 13.3. The number of halogens is 1. The highest BCUT2D eigenvalue weighted by atomic mass is 19.1. The maximum Gasteiger partial charge on any atom is 0.317 e. The summed E-state index contributed by atoms with van der Waals surface area (Å²) in [4.78, 5) is 27.3. The number of esters is 1. The molecule has 3 atom stereocenters. The van der Waals surface area contributed by atoms with E-state index in [4.69, 9.17) is 4.74 Å². The number of carbonyl (C=O) groups excluding carboxylic acids is 2. The topological polar surface area (TPSA) is 70.7 Å². The largest absolute Gasteiger partial charge is 0.468 e. The predicted octanol–water partition coefficient (Wildman–Crippen LogP) is 3.39. The van der Waals surface area contributed by atoms with Crippen LogP contribution >= 0.6 is 0 Å². The third-order valence-corrected chi connectivity index (χ3v) is 6.10. The lowest BCUT2D eigenvalue weighted by molar-refractivity contribution is -0.146. The summed E-state index contributed by atoms with van der Waals surface area (Å²) in [5, 5.41) is 5.79. The lowest BCUT2D eigenvalue weighted by atomic mass is 9.82. The van der Waals surface area contributed by atoms with Crippen molar-refractivity contribution < 1.29 is 18.7 Å². The molecule has 31 heavy (non-hydrogen) atoms. The van der Waals surface area contributed by atoms with E-state index in [1.54, 1.807) is 6.92 Å². The second-order valence-corrected chi connectivity index (χ2v) is 8.22. The Hall–Kier alpha value is -2.93. The van der Waals surface area contributed by atoms with Gasteiger partial charge in [0, 0.05) is 31.7 Å². The first-order chi connectivity index (χ1) is 14.8. The minimum atomic E-state index is -1.12. The van der Waals surface area contributed by atoms with Gasteiger partial charge in [0.15, 0.2) is 0 Å². The van der Waals surface area contributed by atoms with Crippen LogP contribution in [0.3, 0.4) is 0 Å². The van der Waals surface area contributed by atoms with E-state index in [0.717, 1.165) is 19.5 Å². The van der Waals surface area contributed by atoms with Gasteiger partial charge in [-0.15, -0.1) is 0 Å². The van der Waals surface area contributed by atoms with E-state index in [0.29, 0.717) is 5.56 Å². The number of amides is 2. The number of ether oxygens (including phenoxy) is 1. The predicted molar refractivity (Wildman–Crippen MR) is 117 cm³/mol. The molecule has 2 N–H and O–H groups in total. The summed E-state index contributed by atoms with van der Waals surface area (Å²) < 4.78 is 18.2. The first-order valence-electron chi connectivity index (χ1n) is 10.5. The van der Waals surface area contributed by atoms with Crippen molar-refractivity contribution in [1.82, 2.24) is 15.5 Å². The summed E-state index contributed by atoms with van der Waals surface area (Å²) >= 11 is 0. The Balaban J connectivity index is 1.56. The average molecular weight is 428 g/mol. The lowest BCUT2D eigenvalue weighted by Gasteiger charge is -2.28. The van der Waals surface area contributed by atoms with Crippen molar-refractivity contribution in [2.24, 2.45) is 0 Å². The van der Waals surface area contributed by atoms with Crippen LogP contribution in [-0.4, -0.2) is 49.7 Å². The fourth-order valence-electron chi connectivity index (χ4n) is 4.03. The Bertz CT molecular complexity index is 891. The molecule has 166 valence electrons. The number of likely N-dealkylation sites (tertiary alicyclic amines) is 1. The minimum absolute atomic E-state index is 0.0290. The fraction of sp³-hybridized carbons (Fsp3) is 0.417.